The number of non-ortho nitro benzene ring substituents is 1. The Hall–Kier alpha value is -1.63. The Labute approximate surface area is 118 Å². The van der Waals surface area contributed by atoms with Crippen LogP contribution in [-0.2, 0) is 0 Å². The maximum Gasteiger partial charge on any atom is 0.319 e. The number of nitrogens with one attached hydrogen (secondary N) is 2. The number of hydrogen-bond acceptors (Lipinski definition) is 3. The Morgan fingerprint density at radius 2 is 2.05 bits per heavy atom. The Morgan fingerprint density at radius 3 is 2.68 bits per heavy atom. The van der Waals surface area contributed by atoms with Crippen LogP contribution in [0.4, 0.5) is 16.2 Å². The fourth-order valence-electron chi connectivity index (χ4n) is 2.14. The van der Waals surface area contributed by atoms with Gasteiger partial charge in [0.05, 0.1) is 10.6 Å². The van der Waals surface area contributed by atoms with Crippen LogP contribution in [0, 0.1) is 10.1 Å². The second-order valence-corrected chi connectivity index (χ2v) is 5.36. The Kier molecular flexibility index (Phi) is 4.36. The highest BCUT2D eigenvalue weighted by Gasteiger charge is 2.18. The third-order valence-electron chi connectivity index (χ3n) is 3.10. The fourth-order valence-corrected chi connectivity index (χ4v) is 2.48. The van der Waals surface area contributed by atoms with Gasteiger partial charge in [0.1, 0.15) is 0 Å². The highest BCUT2D eigenvalue weighted by molar-refractivity contribution is 9.10. The van der Waals surface area contributed by atoms with E-state index in [2.05, 4.69) is 26.6 Å². The van der Waals surface area contributed by atoms with E-state index in [0.717, 1.165) is 25.7 Å². The van der Waals surface area contributed by atoms with Crippen LogP contribution in [0.15, 0.2) is 22.7 Å². The first-order valence-electron chi connectivity index (χ1n) is 6.08. The quantitative estimate of drug-likeness (QED) is 0.658. The van der Waals surface area contributed by atoms with Crippen molar-refractivity contribution in [2.45, 2.75) is 31.7 Å². The SMILES string of the molecule is O=C(Nc1cc([N+](=O)[O-])ccc1Br)NC1CCCC1. The lowest BCUT2D eigenvalue weighted by Crippen LogP contribution is -2.36. The molecule has 0 aromatic heterocycles. The second-order valence-electron chi connectivity index (χ2n) is 4.50. The van der Waals surface area contributed by atoms with E-state index in [1.54, 1.807) is 6.07 Å². The first-order valence-corrected chi connectivity index (χ1v) is 6.87. The number of urea groups is 1. The van der Waals surface area contributed by atoms with E-state index >= 15 is 0 Å². The van der Waals surface area contributed by atoms with Crippen molar-refractivity contribution < 1.29 is 9.72 Å². The number of nitro benzene ring substituents is 1. The minimum atomic E-state index is -0.494. The van der Waals surface area contributed by atoms with Crippen LogP contribution in [0.2, 0.25) is 0 Å². The van der Waals surface area contributed by atoms with Gasteiger partial charge in [0.15, 0.2) is 0 Å². The molecule has 0 heterocycles. The van der Waals surface area contributed by atoms with Crippen LogP contribution in [0.5, 0.6) is 0 Å². The van der Waals surface area contributed by atoms with E-state index in [-0.39, 0.29) is 17.8 Å². The van der Waals surface area contributed by atoms with E-state index in [4.69, 9.17) is 0 Å². The Bertz CT molecular complexity index is 501. The van der Waals surface area contributed by atoms with Crippen LogP contribution in [0.1, 0.15) is 25.7 Å². The first-order chi connectivity index (χ1) is 9.06. The number of nitro groups is 1. The maximum atomic E-state index is 11.8. The van der Waals surface area contributed by atoms with Gasteiger partial charge in [-0.2, -0.15) is 0 Å². The van der Waals surface area contributed by atoms with E-state index in [9.17, 15) is 14.9 Å². The number of carbonyl (C=O) groups is 1. The molecule has 0 bridgehead atoms. The van der Waals surface area contributed by atoms with Crippen LogP contribution in [0.25, 0.3) is 0 Å². The molecule has 1 aliphatic rings. The summed E-state index contributed by atoms with van der Waals surface area (Å²) in [6.07, 6.45) is 4.24. The summed E-state index contributed by atoms with van der Waals surface area (Å²) in [4.78, 5) is 22.0. The zero-order valence-electron chi connectivity index (χ0n) is 10.2. The molecule has 7 heteroatoms. The molecular weight excluding hydrogens is 314 g/mol. The van der Waals surface area contributed by atoms with Crippen LogP contribution in [-0.4, -0.2) is 17.0 Å². The van der Waals surface area contributed by atoms with Gasteiger partial charge in [-0.1, -0.05) is 12.8 Å². The molecule has 2 amide bonds. The highest BCUT2D eigenvalue weighted by atomic mass is 79.9. The molecule has 0 atom stereocenters. The number of benzene rings is 1. The zero-order chi connectivity index (χ0) is 13.8. The van der Waals surface area contributed by atoms with Gasteiger partial charge in [0.25, 0.3) is 5.69 Å². The molecule has 1 aromatic carbocycles. The summed E-state index contributed by atoms with van der Waals surface area (Å²) < 4.78 is 0.611. The van der Waals surface area contributed by atoms with E-state index < -0.39 is 4.92 Å². The summed E-state index contributed by atoms with van der Waals surface area (Å²) in [5.41, 5.74) is 0.337. The molecule has 1 aliphatic carbocycles. The largest absolute Gasteiger partial charge is 0.335 e. The number of nitrogens with zero attached hydrogens (tertiary/aromatic N) is 1. The predicted octanol–water partition coefficient (Wildman–Crippen LogP) is 3.42. The van der Waals surface area contributed by atoms with Gasteiger partial charge >= 0.3 is 6.03 Å². The maximum absolute atomic E-state index is 11.8. The monoisotopic (exact) mass is 327 g/mol. The molecule has 0 aliphatic heterocycles. The van der Waals surface area contributed by atoms with Crippen molar-refractivity contribution in [2.75, 3.05) is 5.32 Å². The third kappa shape index (κ3) is 3.66. The molecule has 2 rings (SSSR count). The molecule has 0 radical (unpaired) electrons. The lowest BCUT2D eigenvalue weighted by molar-refractivity contribution is -0.384. The van der Waals surface area contributed by atoms with Crippen molar-refractivity contribution >= 4 is 33.3 Å². The molecule has 1 fully saturated rings. The second kappa shape index (κ2) is 6.01. The fraction of sp³-hybridized carbons (Fsp3) is 0.417. The van der Waals surface area contributed by atoms with Crippen LogP contribution < -0.4 is 10.6 Å². The van der Waals surface area contributed by atoms with Gasteiger partial charge in [0.2, 0.25) is 0 Å². The molecule has 1 aromatic rings. The molecule has 19 heavy (non-hydrogen) atoms. The molecule has 6 nitrogen and oxygen atoms in total. The van der Waals surface area contributed by atoms with E-state index in [1.165, 1.54) is 12.1 Å². The summed E-state index contributed by atoms with van der Waals surface area (Å²) in [5.74, 6) is 0. The molecular formula is C12H14BrN3O3. The predicted molar refractivity (Wildman–Crippen MR) is 75.2 cm³/mol. The summed E-state index contributed by atoms with van der Waals surface area (Å²) in [5, 5.41) is 16.2. The standard InChI is InChI=1S/C12H14BrN3O3/c13-10-6-5-9(16(18)19)7-11(10)15-12(17)14-8-3-1-2-4-8/h5-8H,1-4H2,(H2,14,15,17). The van der Waals surface area contributed by atoms with E-state index in [0.29, 0.717) is 10.2 Å². The lowest BCUT2D eigenvalue weighted by Gasteiger charge is -2.13. The first kappa shape index (κ1) is 13.8. The Morgan fingerprint density at radius 1 is 1.37 bits per heavy atom. The highest BCUT2D eigenvalue weighted by Crippen LogP contribution is 2.27. The average molecular weight is 328 g/mol. The lowest BCUT2D eigenvalue weighted by atomic mass is 10.2. The Balaban J connectivity index is 2.02. The van der Waals surface area contributed by atoms with Crippen molar-refractivity contribution in [3.63, 3.8) is 0 Å². The van der Waals surface area contributed by atoms with Gasteiger partial charge in [-0.25, -0.2) is 4.79 Å². The zero-order valence-corrected chi connectivity index (χ0v) is 11.8. The van der Waals surface area contributed by atoms with Gasteiger partial charge in [-0.05, 0) is 34.8 Å². The van der Waals surface area contributed by atoms with Gasteiger partial charge in [-0.15, -0.1) is 0 Å². The van der Waals surface area contributed by atoms with E-state index in [1.807, 2.05) is 0 Å². The summed E-state index contributed by atoms with van der Waals surface area (Å²) in [6, 6.07) is 4.14. The van der Waals surface area contributed by atoms with Gasteiger partial charge in [-0.3, -0.25) is 10.1 Å². The smallest absolute Gasteiger partial charge is 0.319 e. The third-order valence-corrected chi connectivity index (χ3v) is 3.79. The van der Waals surface area contributed by atoms with Crippen molar-refractivity contribution in [3.8, 4) is 0 Å². The number of rotatable bonds is 3. The summed E-state index contributed by atoms with van der Waals surface area (Å²) in [6.45, 7) is 0. The normalized spacial score (nSPS) is 15.2. The number of hydrogen-bond donors (Lipinski definition) is 2. The minimum Gasteiger partial charge on any atom is -0.335 e. The topological polar surface area (TPSA) is 84.3 Å². The van der Waals surface area contributed by atoms with Crippen LogP contribution >= 0.6 is 15.9 Å². The van der Waals surface area contributed by atoms with Crippen molar-refractivity contribution in [3.05, 3.63) is 32.8 Å². The average Bonchev–Trinajstić information content (AvgIpc) is 2.84. The molecule has 1 saturated carbocycles. The molecule has 0 spiro atoms. The number of halogens is 1. The van der Waals surface area contributed by atoms with Crippen molar-refractivity contribution in [2.24, 2.45) is 0 Å². The minimum absolute atomic E-state index is 0.0561. The summed E-state index contributed by atoms with van der Waals surface area (Å²) >= 11 is 3.26. The molecule has 0 unspecified atom stereocenters. The number of amides is 2. The van der Waals surface area contributed by atoms with Gasteiger partial charge < -0.3 is 10.6 Å². The summed E-state index contributed by atoms with van der Waals surface area (Å²) in [7, 11) is 0. The van der Waals surface area contributed by atoms with Crippen LogP contribution in [0.3, 0.4) is 0 Å². The molecule has 0 saturated heterocycles. The number of anilines is 1. The van der Waals surface area contributed by atoms with Gasteiger partial charge in [0, 0.05) is 22.6 Å². The van der Waals surface area contributed by atoms with Crippen molar-refractivity contribution in [1.29, 1.82) is 0 Å². The molecule has 2 N–H and O–H groups in total. The van der Waals surface area contributed by atoms with Crippen molar-refractivity contribution in [1.82, 2.24) is 5.32 Å². The molecule has 102 valence electrons. The number of carbonyl (C=O) groups excluding carboxylic acids is 1.